The molecule has 106 valence electrons. The van der Waals surface area contributed by atoms with E-state index in [-0.39, 0.29) is 11.3 Å². The number of hydrogen-bond donors (Lipinski definition) is 3. The minimum Gasteiger partial charge on any atom is -0.481 e. The second kappa shape index (κ2) is 4.63. The summed E-state index contributed by atoms with van der Waals surface area (Å²) in [5.74, 6) is -4.01. The Kier molecular flexibility index (Phi) is 3.25. The first-order chi connectivity index (χ1) is 9.26. The van der Waals surface area contributed by atoms with E-state index in [0.29, 0.717) is 0 Å². The molecule has 6 heteroatoms. The minimum absolute atomic E-state index is 0.0221. The van der Waals surface area contributed by atoms with Crippen molar-refractivity contribution < 1.29 is 24.6 Å². The Hall–Kier alpha value is -2.37. The zero-order valence-electron chi connectivity index (χ0n) is 11.1. The highest BCUT2D eigenvalue weighted by atomic mass is 16.4. The van der Waals surface area contributed by atoms with Gasteiger partial charge in [-0.1, -0.05) is 26.0 Å². The maximum Gasteiger partial charge on any atom is 0.337 e. The number of carboxylic acid groups (broad SMARTS) is 2. The maximum atomic E-state index is 12.1. The first kappa shape index (κ1) is 14.0. The number of benzene rings is 1. The van der Waals surface area contributed by atoms with Crippen molar-refractivity contribution in [2.75, 3.05) is 5.32 Å². The van der Waals surface area contributed by atoms with E-state index in [1.807, 2.05) is 0 Å². The molecule has 0 radical (unpaired) electrons. The van der Waals surface area contributed by atoms with Crippen LogP contribution in [-0.4, -0.2) is 28.1 Å². The molecular formula is C14H15NO5. The largest absolute Gasteiger partial charge is 0.481 e. The summed E-state index contributed by atoms with van der Waals surface area (Å²) in [7, 11) is 0. The van der Waals surface area contributed by atoms with E-state index in [9.17, 15) is 14.4 Å². The number of hydrogen-bond acceptors (Lipinski definition) is 3. The Labute approximate surface area is 115 Å². The molecular weight excluding hydrogens is 262 g/mol. The molecule has 1 aliphatic carbocycles. The van der Waals surface area contributed by atoms with Crippen molar-refractivity contribution in [1.29, 1.82) is 0 Å². The maximum absolute atomic E-state index is 12.1. The molecule has 1 amide bonds. The molecule has 2 atom stereocenters. The molecule has 6 nitrogen and oxygen atoms in total. The van der Waals surface area contributed by atoms with Gasteiger partial charge in [0.25, 0.3) is 0 Å². The average Bonchev–Trinajstić information content (AvgIpc) is 2.93. The highest BCUT2D eigenvalue weighted by Gasteiger charge is 2.65. The van der Waals surface area contributed by atoms with Crippen molar-refractivity contribution in [3.05, 3.63) is 29.8 Å². The summed E-state index contributed by atoms with van der Waals surface area (Å²) >= 11 is 0. The molecule has 0 spiro atoms. The fourth-order valence-electron chi connectivity index (χ4n) is 2.58. The quantitative estimate of drug-likeness (QED) is 0.776. The fraction of sp³-hybridized carbons (Fsp3) is 0.357. The van der Waals surface area contributed by atoms with Gasteiger partial charge in [0.2, 0.25) is 5.91 Å². The number of para-hydroxylation sites is 1. The number of rotatable bonds is 4. The molecule has 3 N–H and O–H groups in total. The van der Waals surface area contributed by atoms with Crippen LogP contribution in [0.4, 0.5) is 5.69 Å². The zero-order valence-corrected chi connectivity index (χ0v) is 11.1. The third kappa shape index (κ3) is 2.24. The number of carbonyl (C=O) groups is 3. The molecule has 1 saturated carbocycles. The first-order valence-corrected chi connectivity index (χ1v) is 6.12. The molecule has 1 aromatic carbocycles. The molecule has 20 heavy (non-hydrogen) atoms. The molecule has 1 fully saturated rings. The second-order valence-electron chi connectivity index (χ2n) is 5.45. The molecule has 0 aliphatic heterocycles. The number of nitrogens with one attached hydrogen (secondary N) is 1. The lowest BCUT2D eigenvalue weighted by Crippen LogP contribution is -2.19. The van der Waals surface area contributed by atoms with Crippen LogP contribution in [0.2, 0.25) is 0 Å². The summed E-state index contributed by atoms with van der Waals surface area (Å²) in [6.07, 6.45) is 0. The van der Waals surface area contributed by atoms with Gasteiger partial charge in [-0.3, -0.25) is 9.59 Å². The number of aliphatic carboxylic acids is 1. The summed E-state index contributed by atoms with van der Waals surface area (Å²) < 4.78 is 0. The van der Waals surface area contributed by atoms with E-state index in [4.69, 9.17) is 10.2 Å². The SMILES string of the molecule is CC1(C)[C@H](C(=O)O)[C@H]1C(=O)Nc1ccccc1C(=O)O. The highest BCUT2D eigenvalue weighted by molar-refractivity contribution is 6.04. The third-order valence-corrected chi connectivity index (χ3v) is 3.79. The van der Waals surface area contributed by atoms with Crippen LogP contribution in [-0.2, 0) is 9.59 Å². The van der Waals surface area contributed by atoms with Crippen LogP contribution in [0.25, 0.3) is 0 Å². The molecule has 1 aromatic rings. The van der Waals surface area contributed by atoms with Gasteiger partial charge in [0.15, 0.2) is 0 Å². The molecule has 0 bridgehead atoms. The predicted octanol–water partition coefficient (Wildman–Crippen LogP) is 1.68. The summed E-state index contributed by atoms with van der Waals surface area (Å²) in [4.78, 5) is 34.2. The van der Waals surface area contributed by atoms with Gasteiger partial charge in [0, 0.05) is 0 Å². The fourth-order valence-corrected chi connectivity index (χ4v) is 2.58. The van der Waals surface area contributed by atoms with E-state index in [2.05, 4.69) is 5.32 Å². The Balaban J connectivity index is 2.18. The van der Waals surface area contributed by atoms with E-state index < -0.39 is 35.1 Å². The van der Waals surface area contributed by atoms with E-state index in [1.54, 1.807) is 26.0 Å². The van der Waals surface area contributed by atoms with Crippen LogP contribution >= 0.6 is 0 Å². The van der Waals surface area contributed by atoms with Gasteiger partial charge in [-0.25, -0.2) is 4.79 Å². The lowest BCUT2D eigenvalue weighted by Gasteiger charge is -2.08. The number of aromatic carboxylic acids is 1. The van der Waals surface area contributed by atoms with E-state index in [0.717, 1.165) is 0 Å². The lowest BCUT2D eigenvalue weighted by molar-refractivity contribution is -0.140. The number of carboxylic acids is 2. The van der Waals surface area contributed by atoms with Crippen molar-refractivity contribution in [2.24, 2.45) is 17.3 Å². The summed E-state index contributed by atoms with van der Waals surface area (Å²) in [5.41, 5.74) is -0.461. The van der Waals surface area contributed by atoms with Gasteiger partial charge >= 0.3 is 11.9 Å². The monoisotopic (exact) mass is 277 g/mol. The molecule has 0 aromatic heterocycles. The molecule has 0 saturated heterocycles. The normalized spacial score (nSPS) is 22.9. The average molecular weight is 277 g/mol. The van der Waals surface area contributed by atoms with Gasteiger partial charge in [0.05, 0.1) is 23.1 Å². The van der Waals surface area contributed by atoms with Crippen molar-refractivity contribution in [2.45, 2.75) is 13.8 Å². The van der Waals surface area contributed by atoms with Gasteiger partial charge in [-0.2, -0.15) is 0 Å². The van der Waals surface area contributed by atoms with Crippen LogP contribution in [0.3, 0.4) is 0 Å². The Morgan fingerprint density at radius 1 is 1.10 bits per heavy atom. The second-order valence-corrected chi connectivity index (χ2v) is 5.45. The van der Waals surface area contributed by atoms with Crippen LogP contribution in [0.1, 0.15) is 24.2 Å². The van der Waals surface area contributed by atoms with Crippen LogP contribution in [0.15, 0.2) is 24.3 Å². The zero-order chi connectivity index (χ0) is 15.1. The van der Waals surface area contributed by atoms with Crippen LogP contribution < -0.4 is 5.32 Å². The van der Waals surface area contributed by atoms with Crippen LogP contribution in [0, 0.1) is 17.3 Å². The topological polar surface area (TPSA) is 104 Å². The minimum atomic E-state index is -1.15. The molecule has 0 heterocycles. The molecule has 1 aliphatic rings. The molecule has 2 rings (SSSR count). The predicted molar refractivity (Wildman–Crippen MR) is 70.4 cm³/mol. The highest BCUT2D eigenvalue weighted by Crippen LogP contribution is 2.58. The smallest absolute Gasteiger partial charge is 0.337 e. The number of amides is 1. The van der Waals surface area contributed by atoms with Crippen molar-refractivity contribution in [3.8, 4) is 0 Å². The van der Waals surface area contributed by atoms with Gasteiger partial charge < -0.3 is 15.5 Å². The number of carbonyl (C=O) groups excluding carboxylic acids is 1. The van der Waals surface area contributed by atoms with Gasteiger partial charge in [0.1, 0.15) is 0 Å². The van der Waals surface area contributed by atoms with Crippen molar-refractivity contribution in [3.63, 3.8) is 0 Å². The van der Waals surface area contributed by atoms with Crippen LogP contribution in [0.5, 0.6) is 0 Å². The van der Waals surface area contributed by atoms with E-state index in [1.165, 1.54) is 12.1 Å². The van der Waals surface area contributed by atoms with Gasteiger partial charge in [-0.15, -0.1) is 0 Å². The summed E-state index contributed by atoms with van der Waals surface area (Å²) in [6.45, 7) is 3.41. The number of anilines is 1. The Morgan fingerprint density at radius 2 is 1.70 bits per heavy atom. The standard InChI is InChI=1S/C14H15NO5/c1-14(2)9(10(14)13(19)20)11(16)15-8-6-4-3-5-7(8)12(17)18/h3-6,9-10H,1-2H3,(H,15,16)(H,17,18)(H,19,20)/t9-,10-/m0/s1. The molecule has 0 unspecified atom stereocenters. The van der Waals surface area contributed by atoms with Gasteiger partial charge in [-0.05, 0) is 17.5 Å². The van der Waals surface area contributed by atoms with Crippen molar-refractivity contribution in [1.82, 2.24) is 0 Å². The Morgan fingerprint density at radius 3 is 2.20 bits per heavy atom. The summed E-state index contributed by atoms with van der Waals surface area (Å²) in [6, 6.07) is 6.02. The lowest BCUT2D eigenvalue weighted by atomic mass is 10.1. The Bertz CT molecular complexity index is 593. The third-order valence-electron chi connectivity index (χ3n) is 3.79. The van der Waals surface area contributed by atoms with E-state index >= 15 is 0 Å². The van der Waals surface area contributed by atoms with Crippen molar-refractivity contribution >= 4 is 23.5 Å². The first-order valence-electron chi connectivity index (χ1n) is 6.12. The summed E-state index contributed by atoms with van der Waals surface area (Å²) in [5, 5.41) is 20.6.